The molecule has 0 saturated carbocycles. The summed E-state index contributed by atoms with van der Waals surface area (Å²) < 4.78 is 1.96. The van der Waals surface area contributed by atoms with Crippen LogP contribution in [-0.4, -0.2) is 15.0 Å². The van der Waals surface area contributed by atoms with E-state index in [4.69, 9.17) is 5.73 Å². The highest BCUT2D eigenvalue weighted by Crippen LogP contribution is 2.28. The zero-order valence-electron chi connectivity index (χ0n) is 12.9. The van der Waals surface area contributed by atoms with Crippen LogP contribution in [0.2, 0.25) is 0 Å². The average Bonchev–Trinajstić information content (AvgIpc) is 2.99. The summed E-state index contributed by atoms with van der Waals surface area (Å²) in [5.41, 5.74) is 11.2. The third-order valence-corrected chi connectivity index (χ3v) is 3.90. The summed E-state index contributed by atoms with van der Waals surface area (Å²) >= 11 is 0. The summed E-state index contributed by atoms with van der Waals surface area (Å²) in [6.07, 6.45) is 0. The fraction of sp³-hybridized carbons (Fsp3) is 0.222. The van der Waals surface area contributed by atoms with Crippen LogP contribution < -0.4 is 5.73 Å². The first-order valence-corrected chi connectivity index (χ1v) is 7.47. The zero-order chi connectivity index (χ0) is 15.5. The molecule has 0 aliphatic carbocycles. The number of nitrogens with zero attached hydrogens (tertiary/aromatic N) is 3. The Bertz CT molecular complexity index is 762. The van der Waals surface area contributed by atoms with E-state index in [9.17, 15) is 0 Å². The normalized spacial score (nSPS) is 12.3. The molecule has 0 amide bonds. The number of aryl methyl sites for hydroxylation is 1. The van der Waals surface area contributed by atoms with Gasteiger partial charge in [-0.3, -0.25) is 0 Å². The lowest BCUT2D eigenvalue weighted by Crippen LogP contribution is -2.11. The monoisotopic (exact) mass is 292 g/mol. The van der Waals surface area contributed by atoms with E-state index in [1.165, 1.54) is 11.1 Å². The van der Waals surface area contributed by atoms with E-state index < -0.39 is 0 Å². The molecule has 2 N–H and O–H groups in total. The molecule has 0 saturated heterocycles. The van der Waals surface area contributed by atoms with Crippen LogP contribution in [0, 0.1) is 6.92 Å². The van der Waals surface area contributed by atoms with E-state index >= 15 is 0 Å². The van der Waals surface area contributed by atoms with Crippen LogP contribution >= 0.6 is 0 Å². The lowest BCUT2D eigenvalue weighted by Gasteiger charge is -2.16. The topological polar surface area (TPSA) is 56.7 Å². The average molecular weight is 292 g/mol. The molecule has 2 aromatic carbocycles. The molecule has 4 heteroatoms. The molecule has 3 aromatic rings. The lowest BCUT2D eigenvalue weighted by atomic mass is 10.0. The molecule has 1 unspecified atom stereocenters. The van der Waals surface area contributed by atoms with Gasteiger partial charge in [0.05, 0.1) is 11.7 Å². The SMILES string of the molecule is Cc1cccc(-c2c(CN)nnn2C(C)c2ccccc2)c1. The molecule has 1 aromatic heterocycles. The third-order valence-electron chi connectivity index (χ3n) is 3.90. The molecular weight excluding hydrogens is 272 g/mol. The highest BCUT2D eigenvalue weighted by atomic mass is 15.4. The second kappa shape index (κ2) is 6.12. The van der Waals surface area contributed by atoms with Gasteiger partial charge in [0, 0.05) is 12.1 Å². The maximum atomic E-state index is 5.86. The van der Waals surface area contributed by atoms with Crippen molar-refractivity contribution in [3.63, 3.8) is 0 Å². The van der Waals surface area contributed by atoms with E-state index in [2.05, 4.69) is 60.6 Å². The van der Waals surface area contributed by atoms with E-state index in [0.29, 0.717) is 6.54 Å². The Morgan fingerprint density at radius 1 is 1.09 bits per heavy atom. The molecule has 112 valence electrons. The van der Waals surface area contributed by atoms with Crippen molar-refractivity contribution in [2.24, 2.45) is 5.73 Å². The van der Waals surface area contributed by atoms with Crippen molar-refractivity contribution < 1.29 is 0 Å². The van der Waals surface area contributed by atoms with Gasteiger partial charge in [-0.2, -0.15) is 0 Å². The van der Waals surface area contributed by atoms with Crippen LogP contribution in [-0.2, 0) is 6.54 Å². The Hall–Kier alpha value is -2.46. The van der Waals surface area contributed by atoms with Crippen molar-refractivity contribution in [3.8, 4) is 11.3 Å². The molecule has 0 aliphatic heterocycles. The van der Waals surface area contributed by atoms with Crippen LogP contribution in [0.5, 0.6) is 0 Å². The van der Waals surface area contributed by atoms with Crippen LogP contribution in [0.25, 0.3) is 11.3 Å². The fourth-order valence-electron chi connectivity index (χ4n) is 2.70. The van der Waals surface area contributed by atoms with Gasteiger partial charge in [0.1, 0.15) is 5.69 Å². The van der Waals surface area contributed by atoms with Gasteiger partial charge >= 0.3 is 0 Å². The van der Waals surface area contributed by atoms with Gasteiger partial charge in [-0.1, -0.05) is 59.3 Å². The van der Waals surface area contributed by atoms with Crippen molar-refractivity contribution in [2.75, 3.05) is 0 Å². The summed E-state index contributed by atoms with van der Waals surface area (Å²) in [7, 11) is 0. The van der Waals surface area contributed by atoms with Crippen LogP contribution in [0.15, 0.2) is 54.6 Å². The summed E-state index contributed by atoms with van der Waals surface area (Å²) in [4.78, 5) is 0. The van der Waals surface area contributed by atoms with Crippen molar-refractivity contribution >= 4 is 0 Å². The fourth-order valence-corrected chi connectivity index (χ4v) is 2.70. The number of hydrogen-bond acceptors (Lipinski definition) is 3. The number of rotatable bonds is 4. The van der Waals surface area contributed by atoms with E-state index in [1.807, 2.05) is 22.9 Å². The summed E-state index contributed by atoms with van der Waals surface area (Å²) in [5.74, 6) is 0. The van der Waals surface area contributed by atoms with E-state index in [1.54, 1.807) is 0 Å². The number of benzene rings is 2. The Balaban J connectivity index is 2.12. The summed E-state index contributed by atoms with van der Waals surface area (Å²) in [5, 5.41) is 8.63. The van der Waals surface area contributed by atoms with Gasteiger partial charge in [-0.05, 0) is 25.5 Å². The number of aromatic nitrogens is 3. The van der Waals surface area contributed by atoms with E-state index in [-0.39, 0.29) is 6.04 Å². The highest BCUT2D eigenvalue weighted by molar-refractivity contribution is 5.63. The van der Waals surface area contributed by atoms with Crippen molar-refractivity contribution in [1.29, 1.82) is 0 Å². The standard InChI is InChI=1S/C18H20N4/c1-13-7-6-10-16(11-13)18-17(12-19)20-21-22(18)14(2)15-8-4-3-5-9-15/h3-11,14H,12,19H2,1-2H3. The molecule has 0 fully saturated rings. The van der Waals surface area contributed by atoms with Crippen molar-refractivity contribution in [2.45, 2.75) is 26.4 Å². The predicted octanol–water partition coefficient (Wildman–Crippen LogP) is 3.32. The minimum atomic E-state index is 0.101. The van der Waals surface area contributed by atoms with Crippen LogP contribution in [0.4, 0.5) is 0 Å². The second-order valence-electron chi connectivity index (χ2n) is 5.49. The molecule has 0 spiro atoms. The second-order valence-corrected chi connectivity index (χ2v) is 5.49. The van der Waals surface area contributed by atoms with Gasteiger partial charge in [0.25, 0.3) is 0 Å². The molecule has 22 heavy (non-hydrogen) atoms. The smallest absolute Gasteiger partial charge is 0.104 e. The molecule has 3 rings (SSSR count). The van der Waals surface area contributed by atoms with Gasteiger partial charge in [0.15, 0.2) is 0 Å². The number of nitrogens with two attached hydrogens (primary N) is 1. The first kappa shape index (κ1) is 14.5. The van der Waals surface area contributed by atoms with Crippen molar-refractivity contribution in [3.05, 3.63) is 71.4 Å². The minimum Gasteiger partial charge on any atom is -0.325 e. The molecule has 0 bridgehead atoms. The third kappa shape index (κ3) is 2.65. The first-order chi connectivity index (χ1) is 10.7. The maximum absolute atomic E-state index is 5.86. The molecule has 1 heterocycles. The molecule has 0 aliphatic rings. The molecular formula is C18H20N4. The summed E-state index contributed by atoms with van der Waals surface area (Å²) in [6, 6.07) is 18.8. The zero-order valence-corrected chi connectivity index (χ0v) is 12.9. The first-order valence-electron chi connectivity index (χ1n) is 7.47. The van der Waals surface area contributed by atoms with Gasteiger partial charge in [-0.15, -0.1) is 5.10 Å². The predicted molar refractivity (Wildman–Crippen MR) is 88.3 cm³/mol. The van der Waals surface area contributed by atoms with Gasteiger partial charge < -0.3 is 5.73 Å². The molecule has 4 nitrogen and oxygen atoms in total. The molecule has 0 radical (unpaired) electrons. The Morgan fingerprint density at radius 3 is 2.55 bits per heavy atom. The quantitative estimate of drug-likeness (QED) is 0.802. The largest absolute Gasteiger partial charge is 0.325 e. The van der Waals surface area contributed by atoms with Gasteiger partial charge in [0.2, 0.25) is 0 Å². The Kier molecular flexibility index (Phi) is 4.02. The van der Waals surface area contributed by atoms with Crippen LogP contribution in [0.1, 0.15) is 29.8 Å². The van der Waals surface area contributed by atoms with Crippen molar-refractivity contribution in [1.82, 2.24) is 15.0 Å². The van der Waals surface area contributed by atoms with Gasteiger partial charge in [-0.25, -0.2) is 4.68 Å². The Labute approximate surface area is 130 Å². The van der Waals surface area contributed by atoms with Crippen LogP contribution in [0.3, 0.4) is 0 Å². The lowest BCUT2D eigenvalue weighted by molar-refractivity contribution is 0.548. The molecule has 1 atom stereocenters. The van der Waals surface area contributed by atoms with E-state index in [0.717, 1.165) is 17.0 Å². The number of hydrogen-bond donors (Lipinski definition) is 1. The highest BCUT2D eigenvalue weighted by Gasteiger charge is 2.19. The Morgan fingerprint density at radius 2 is 1.86 bits per heavy atom. The summed E-state index contributed by atoms with van der Waals surface area (Å²) in [6.45, 7) is 4.59. The maximum Gasteiger partial charge on any atom is 0.104 e. The minimum absolute atomic E-state index is 0.101.